The first-order valence-electron chi connectivity index (χ1n) is 8.17. The zero-order valence-electron chi connectivity index (χ0n) is 13.5. The van der Waals surface area contributed by atoms with Gasteiger partial charge < -0.3 is 5.32 Å². The average Bonchev–Trinajstić information content (AvgIpc) is 3.08. The maximum Gasteiger partial charge on any atom is 0.416 e. The van der Waals surface area contributed by atoms with Gasteiger partial charge in [-0.15, -0.1) is 5.10 Å². The van der Waals surface area contributed by atoms with E-state index >= 15 is 0 Å². The molecule has 2 aromatic rings. The van der Waals surface area contributed by atoms with Gasteiger partial charge in [-0.05, 0) is 41.5 Å². The van der Waals surface area contributed by atoms with Crippen molar-refractivity contribution in [2.75, 3.05) is 0 Å². The molecule has 1 fully saturated rings. The number of amides is 1. The van der Waals surface area contributed by atoms with Gasteiger partial charge in [0.1, 0.15) is 0 Å². The summed E-state index contributed by atoms with van der Waals surface area (Å²) in [7, 11) is 0. The van der Waals surface area contributed by atoms with Crippen LogP contribution < -0.4 is 5.32 Å². The Morgan fingerprint density at radius 1 is 1.24 bits per heavy atom. The summed E-state index contributed by atoms with van der Waals surface area (Å²) in [6, 6.07) is 4.53. The normalized spacial score (nSPS) is 16.0. The number of benzene rings is 1. The van der Waals surface area contributed by atoms with E-state index < -0.39 is 17.6 Å². The van der Waals surface area contributed by atoms with E-state index in [1.807, 2.05) is 0 Å². The Hall–Kier alpha value is -2.45. The molecule has 3 rings (SSSR count). The van der Waals surface area contributed by atoms with Gasteiger partial charge in [-0.1, -0.05) is 25.3 Å². The fourth-order valence-corrected chi connectivity index (χ4v) is 3.04. The predicted molar refractivity (Wildman–Crippen MR) is 82.6 cm³/mol. The van der Waals surface area contributed by atoms with Crippen LogP contribution in [0.1, 0.15) is 59.9 Å². The Labute approximate surface area is 142 Å². The van der Waals surface area contributed by atoms with Crippen molar-refractivity contribution in [3.05, 3.63) is 41.2 Å². The highest BCUT2D eigenvalue weighted by molar-refractivity contribution is 5.94. The molecule has 1 aromatic carbocycles. The molecule has 1 saturated carbocycles. The van der Waals surface area contributed by atoms with E-state index in [1.165, 1.54) is 18.6 Å². The van der Waals surface area contributed by atoms with Crippen molar-refractivity contribution in [1.82, 2.24) is 25.5 Å². The number of alkyl halides is 3. The van der Waals surface area contributed by atoms with Gasteiger partial charge >= 0.3 is 6.18 Å². The van der Waals surface area contributed by atoms with Gasteiger partial charge in [-0.3, -0.25) is 4.79 Å². The highest BCUT2D eigenvalue weighted by Gasteiger charge is 2.31. The lowest BCUT2D eigenvalue weighted by Gasteiger charge is -2.22. The van der Waals surface area contributed by atoms with Crippen molar-refractivity contribution in [3.8, 4) is 0 Å². The van der Waals surface area contributed by atoms with Gasteiger partial charge in [0.25, 0.3) is 5.91 Å². The van der Waals surface area contributed by atoms with Crippen LogP contribution in [0.5, 0.6) is 0 Å². The summed E-state index contributed by atoms with van der Waals surface area (Å²) in [6.45, 7) is 0.0680. The summed E-state index contributed by atoms with van der Waals surface area (Å²) in [5, 5.41) is 14.2. The average molecular weight is 353 g/mol. The number of aromatic nitrogens is 4. The molecule has 25 heavy (non-hydrogen) atoms. The van der Waals surface area contributed by atoms with Crippen LogP contribution in [0, 0.1) is 0 Å². The summed E-state index contributed by atoms with van der Waals surface area (Å²) in [4.78, 5) is 12.2. The Morgan fingerprint density at radius 2 is 2.00 bits per heavy atom. The molecule has 0 saturated heterocycles. The minimum atomic E-state index is -4.48. The van der Waals surface area contributed by atoms with E-state index in [0.717, 1.165) is 37.8 Å². The first kappa shape index (κ1) is 17.4. The molecule has 1 aliphatic rings. The number of carbonyl (C=O) groups is 1. The quantitative estimate of drug-likeness (QED) is 0.917. The number of nitrogens with one attached hydrogen (secondary N) is 1. The SMILES string of the molecule is O=C(NCc1nnnn1C1CCCCC1)c1cccc(C(F)(F)F)c1. The van der Waals surface area contributed by atoms with Crippen molar-refractivity contribution in [2.24, 2.45) is 0 Å². The Balaban J connectivity index is 1.66. The monoisotopic (exact) mass is 353 g/mol. The van der Waals surface area contributed by atoms with Gasteiger partial charge in [-0.25, -0.2) is 4.68 Å². The first-order valence-corrected chi connectivity index (χ1v) is 8.17. The molecule has 0 spiro atoms. The summed E-state index contributed by atoms with van der Waals surface area (Å²) in [5.74, 6) is -0.0866. The van der Waals surface area contributed by atoms with Crippen LogP contribution in [0.3, 0.4) is 0 Å². The molecule has 1 N–H and O–H groups in total. The second-order valence-electron chi connectivity index (χ2n) is 6.09. The first-order chi connectivity index (χ1) is 11.9. The van der Waals surface area contributed by atoms with E-state index in [0.29, 0.717) is 5.82 Å². The van der Waals surface area contributed by atoms with Gasteiger partial charge in [0.05, 0.1) is 18.2 Å². The zero-order valence-corrected chi connectivity index (χ0v) is 13.5. The van der Waals surface area contributed by atoms with Crippen LogP contribution in [-0.2, 0) is 12.7 Å². The summed E-state index contributed by atoms with van der Waals surface area (Å²) in [5.41, 5.74) is -0.904. The number of nitrogens with zero attached hydrogens (tertiary/aromatic N) is 4. The molecule has 9 heteroatoms. The zero-order chi connectivity index (χ0) is 17.9. The molecular formula is C16H18F3N5O. The molecule has 1 aliphatic carbocycles. The van der Waals surface area contributed by atoms with Crippen molar-refractivity contribution >= 4 is 5.91 Å². The lowest BCUT2D eigenvalue weighted by molar-refractivity contribution is -0.137. The minimum absolute atomic E-state index is 0.0495. The molecule has 0 aliphatic heterocycles. The summed E-state index contributed by atoms with van der Waals surface area (Å²) in [6.07, 6.45) is 0.905. The Morgan fingerprint density at radius 3 is 2.72 bits per heavy atom. The lowest BCUT2D eigenvalue weighted by atomic mass is 9.95. The summed E-state index contributed by atoms with van der Waals surface area (Å²) >= 11 is 0. The largest absolute Gasteiger partial charge is 0.416 e. The van der Waals surface area contributed by atoms with Crippen LogP contribution in [-0.4, -0.2) is 26.1 Å². The van der Waals surface area contributed by atoms with Crippen molar-refractivity contribution in [2.45, 2.75) is 50.9 Å². The van der Waals surface area contributed by atoms with E-state index in [4.69, 9.17) is 0 Å². The van der Waals surface area contributed by atoms with Crippen LogP contribution >= 0.6 is 0 Å². The fraction of sp³-hybridized carbons (Fsp3) is 0.500. The predicted octanol–water partition coefficient (Wildman–Crippen LogP) is 3.13. The fourth-order valence-electron chi connectivity index (χ4n) is 3.04. The van der Waals surface area contributed by atoms with E-state index in [-0.39, 0.29) is 18.2 Å². The Bertz CT molecular complexity index is 737. The maximum atomic E-state index is 12.7. The number of tetrazole rings is 1. The number of carbonyl (C=O) groups excluding carboxylic acids is 1. The number of rotatable bonds is 4. The van der Waals surface area contributed by atoms with Crippen LogP contribution in [0.4, 0.5) is 13.2 Å². The molecule has 0 radical (unpaired) electrons. The minimum Gasteiger partial charge on any atom is -0.345 e. The van der Waals surface area contributed by atoms with E-state index in [1.54, 1.807) is 4.68 Å². The van der Waals surface area contributed by atoms with Crippen LogP contribution in [0.2, 0.25) is 0 Å². The summed E-state index contributed by atoms with van der Waals surface area (Å²) < 4.78 is 39.9. The smallest absolute Gasteiger partial charge is 0.345 e. The topological polar surface area (TPSA) is 72.7 Å². The van der Waals surface area contributed by atoms with Crippen LogP contribution in [0.15, 0.2) is 24.3 Å². The maximum absolute atomic E-state index is 12.7. The number of hydrogen-bond donors (Lipinski definition) is 1. The number of halogens is 3. The van der Waals surface area contributed by atoms with Crippen molar-refractivity contribution < 1.29 is 18.0 Å². The third-order valence-corrected chi connectivity index (χ3v) is 4.34. The second kappa shape index (κ2) is 7.20. The van der Waals surface area contributed by atoms with Gasteiger partial charge in [0.15, 0.2) is 5.82 Å². The van der Waals surface area contributed by atoms with Gasteiger partial charge in [0.2, 0.25) is 0 Å². The standard InChI is InChI=1S/C16H18F3N5O/c17-16(18,19)12-6-4-5-11(9-12)15(25)20-10-14-21-22-23-24(14)13-7-2-1-3-8-13/h4-6,9,13H,1-3,7-8,10H2,(H,20,25). The molecule has 6 nitrogen and oxygen atoms in total. The molecule has 0 bridgehead atoms. The molecule has 1 heterocycles. The van der Waals surface area contributed by atoms with Gasteiger partial charge in [-0.2, -0.15) is 13.2 Å². The van der Waals surface area contributed by atoms with E-state index in [9.17, 15) is 18.0 Å². The number of hydrogen-bond acceptors (Lipinski definition) is 4. The second-order valence-corrected chi connectivity index (χ2v) is 6.09. The third-order valence-electron chi connectivity index (χ3n) is 4.34. The van der Waals surface area contributed by atoms with Crippen molar-refractivity contribution in [1.29, 1.82) is 0 Å². The Kier molecular flexibility index (Phi) is 5.00. The van der Waals surface area contributed by atoms with Gasteiger partial charge in [0, 0.05) is 5.56 Å². The third kappa shape index (κ3) is 4.15. The lowest BCUT2D eigenvalue weighted by Crippen LogP contribution is -2.26. The molecule has 1 amide bonds. The molecule has 0 unspecified atom stereocenters. The van der Waals surface area contributed by atoms with Crippen LogP contribution in [0.25, 0.3) is 0 Å². The highest BCUT2D eigenvalue weighted by atomic mass is 19.4. The molecule has 134 valence electrons. The highest BCUT2D eigenvalue weighted by Crippen LogP contribution is 2.30. The molecule has 1 aromatic heterocycles. The molecular weight excluding hydrogens is 335 g/mol. The van der Waals surface area contributed by atoms with Crippen molar-refractivity contribution in [3.63, 3.8) is 0 Å². The van der Waals surface area contributed by atoms with E-state index in [2.05, 4.69) is 20.8 Å². The molecule has 0 atom stereocenters.